The van der Waals surface area contributed by atoms with E-state index >= 15 is 0 Å². The number of anilines is 1. The molecule has 0 spiro atoms. The lowest BCUT2D eigenvalue weighted by Crippen LogP contribution is -2.44. The lowest BCUT2D eigenvalue weighted by atomic mass is 10.1. The van der Waals surface area contributed by atoms with Crippen molar-refractivity contribution in [2.24, 2.45) is 0 Å². The number of carbonyl (C=O) groups is 2. The van der Waals surface area contributed by atoms with E-state index in [1.165, 1.54) is 31.4 Å². The minimum absolute atomic E-state index is 0.0212. The molecule has 1 atom stereocenters. The van der Waals surface area contributed by atoms with Crippen LogP contribution in [0.2, 0.25) is 0 Å². The first-order valence-corrected chi connectivity index (χ1v) is 14.1. The molecule has 8 nitrogen and oxygen atoms in total. The van der Waals surface area contributed by atoms with Crippen LogP contribution in [-0.2, 0) is 21.2 Å². The van der Waals surface area contributed by atoms with E-state index < -0.39 is 27.9 Å². The van der Waals surface area contributed by atoms with Crippen LogP contribution in [0.1, 0.15) is 15.9 Å². The van der Waals surface area contributed by atoms with Crippen molar-refractivity contribution < 1.29 is 27.5 Å². The molecule has 4 aromatic carbocycles. The molecule has 4 aromatic rings. The minimum Gasteiger partial charge on any atom is -0.495 e. The maximum atomic E-state index is 13.4. The Bertz CT molecular complexity index is 1560. The predicted molar refractivity (Wildman–Crippen MR) is 151 cm³/mol. The molecule has 0 aromatic heterocycles. The topological polar surface area (TPSA) is 111 Å². The Morgan fingerprint density at radius 1 is 0.846 bits per heavy atom. The fourth-order valence-corrected chi connectivity index (χ4v) is 5.53. The molecule has 0 aliphatic heterocycles. The number of hydrogen-bond acceptors (Lipinski definition) is 6. The summed E-state index contributed by atoms with van der Waals surface area (Å²) < 4.78 is 40.4. The number of hydrogen-bond donors (Lipinski definition) is 2. The highest BCUT2D eigenvalue weighted by Gasteiger charge is 2.26. The molecule has 0 aliphatic rings. The van der Waals surface area contributed by atoms with Crippen LogP contribution in [0, 0.1) is 0 Å². The molecular formula is C29H25BrN2O6S. The van der Waals surface area contributed by atoms with Crippen LogP contribution in [0.5, 0.6) is 11.5 Å². The minimum atomic E-state index is -4.13. The molecule has 0 fully saturated rings. The van der Waals surface area contributed by atoms with Crippen molar-refractivity contribution in [2.75, 3.05) is 11.8 Å². The number of amides is 1. The van der Waals surface area contributed by atoms with Crippen LogP contribution in [0.25, 0.3) is 0 Å². The zero-order valence-corrected chi connectivity index (χ0v) is 23.2. The van der Waals surface area contributed by atoms with Gasteiger partial charge in [0.1, 0.15) is 16.7 Å². The quantitative estimate of drug-likeness (QED) is 0.189. The van der Waals surface area contributed by atoms with Crippen LogP contribution in [0.15, 0.2) is 112 Å². The first kappa shape index (κ1) is 27.9. The van der Waals surface area contributed by atoms with Gasteiger partial charge in [-0.1, -0.05) is 76.6 Å². The molecule has 0 saturated carbocycles. The Hall–Kier alpha value is -4.15. The molecule has 200 valence electrons. The van der Waals surface area contributed by atoms with Crippen molar-refractivity contribution in [2.45, 2.75) is 17.4 Å². The summed E-state index contributed by atoms with van der Waals surface area (Å²) in [6.07, 6.45) is 0.168. The third-order valence-electron chi connectivity index (χ3n) is 5.67. The van der Waals surface area contributed by atoms with Gasteiger partial charge in [0, 0.05) is 16.5 Å². The van der Waals surface area contributed by atoms with Crippen molar-refractivity contribution in [3.63, 3.8) is 0 Å². The number of benzene rings is 4. The summed E-state index contributed by atoms with van der Waals surface area (Å²) in [5.74, 6) is -1.07. The summed E-state index contributed by atoms with van der Waals surface area (Å²) in [4.78, 5) is 26.2. The van der Waals surface area contributed by atoms with Crippen LogP contribution in [0.3, 0.4) is 0 Å². The van der Waals surface area contributed by atoms with Gasteiger partial charge >= 0.3 is 5.97 Å². The number of para-hydroxylation sites is 2. The summed E-state index contributed by atoms with van der Waals surface area (Å²) in [5.41, 5.74) is 1.24. The molecule has 0 saturated heterocycles. The summed E-state index contributed by atoms with van der Waals surface area (Å²) >= 11 is 3.28. The molecule has 0 bridgehead atoms. The number of rotatable bonds is 10. The Morgan fingerprint density at radius 3 is 2.18 bits per heavy atom. The zero-order valence-electron chi connectivity index (χ0n) is 20.8. The summed E-state index contributed by atoms with van der Waals surface area (Å²) in [7, 11) is -2.76. The van der Waals surface area contributed by atoms with Crippen LogP contribution in [-0.4, -0.2) is 33.4 Å². The van der Waals surface area contributed by atoms with Crippen molar-refractivity contribution in [3.8, 4) is 11.5 Å². The van der Waals surface area contributed by atoms with E-state index in [4.69, 9.17) is 9.47 Å². The summed E-state index contributed by atoms with van der Waals surface area (Å²) in [6, 6.07) is 27.4. The van der Waals surface area contributed by atoms with E-state index in [1.807, 2.05) is 30.3 Å². The van der Waals surface area contributed by atoms with Crippen molar-refractivity contribution >= 4 is 43.5 Å². The lowest BCUT2D eigenvalue weighted by molar-refractivity contribution is -0.136. The van der Waals surface area contributed by atoms with Gasteiger partial charge in [-0.15, -0.1) is 0 Å². The van der Waals surface area contributed by atoms with Gasteiger partial charge in [0.05, 0.1) is 12.8 Å². The van der Waals surface area contributed by atoms with E-state index in [0.29, 0.717) is 10.0 Å². The molecule has 0 heterocycles. The predicted octanol–water partition coefficient (Wildman–Crippen LogP) is 5.21. The highest BCUT2D eigenvalue weighted by Crippen LogP contribution is 2.32. The number of halogens is 1. The summed E-state index contributed by atoms with van der Waals surface area (Å²) in [5, 5.41) is 2.74. The van der Waals surface area contributed by atoms with Gasteiger partial charge in [0.15, 0.2) is 5.75 Å². The Kier molecular flexibility index (Phi) is 9.00. The van der Waals surface area contributed by atoms with Crippen molar-refractivity contribution in [1.82, 2.24) is 5.32 Å². The zero-order chi connectivity index (χ0) is 27.8. The molecule has 2 N–H and O–H groups in total. The standard InChI is InChI=1S/C29H25BrN2O6S/c1-37-26-17-16-22(30)19-27(26)39(35,36)32-23-14-8-9-15-25(23)38-29(34)24(18-20-10-4-2-5-11-20)31-28(33)21-12-6-3-7-13-21/h2-17,19,24,32H,18H2,1H3,(H,31,33)/t24-/m0/s1. The van der Waals surface area contributed by atoms with Crippen LogP contribution < -0.4 is 19.5 Å². The second kappa shape index (κ2) is 12.6. The normalized spacial score (nSPS) is 11.7. The third kappa shape index (κ3) is 7.24. The highest BCUT2D eigenvalue weighted by atomic mass is 79.9. The lowest BCUT2D eigenvalue weighted by Gasteiger charge is -2.19. The number of methoxy groups -OCH3 is 1. The smallest absolute Gasteiger partial charge is 0.334 e. The second-order valence-corrected chi connectivity index (χ2v) is 11.0. The van der Waals surface area contributed by atoms with Gasteiger partial charge in [-0.05, 0) is 48.0 Å². The van der Waals surface area contributed by atoms with Gasteiger partial charge in [-0.2, -0.15) is 0 Å². The Morgan fingerprint density at radius 2 is 1.49 bits per heavy atom. The van der Waals surface area contributed by atoms with Crippen molar-refractivity contribution in [3.05, 3.63) is 119 Å². The number of nitrogens with one attached hydrogen (secondary N) is 2. The van der Waals surface area contributed by atoms with Gasteiger partial charge in [-0.3, -0.25) is 9.52 Å². The monoisotopic (exact) mass is 608 g/mol. The maximum Gasteiger partial charge on any atom is 0.334 e. The van der Waals surface area contributed by atoms with Crippen LogP contribution >= 0.6 is 15.9 Å². The first-order chi connectivity index (χ1) is 18.8. The highest BCUT2D eigenvalue weighted by molar-refractivity contribution is 9.10. The number of carbonyl (C=O) groups excluding carboxylic acids is 2. The van der Waals surface area contributed by atoms with Gasteiger partial charge in [-0.25, -0.2) is 13.2 Å². The van der Waals surface area contributed by atoms with Crippen LogP contribution in [0.4, 0.5) is 5.69 Å². The molecule has 0 unspecified atom stereocenters. The van der Waals surface area contributed by atoms with E-state index in [9.17, 15) is 18.0 Å². The molecule has 10 heteroatoms. The van der Waals surface area contributed by atoms with Gasteiger partial charge < -0.3 is 14.8 Å². The Labute approximate surface area is 235 Å². The SMILES string of the molecule is COc1ccc(Br)cc1S(=O)(=O)Nc1ccccc1OC(=O)[C@H](Cc1ccccc1)NC(=O)c1ccccc1. The first-order valence-electron chi connectivity index (χ1n) is 11.8. The summed E-state index contributed by atoms with van der Waals surface area (Å²) in [6.45, 7) is 0. The fourth-order valence-electron chi connectivity index (χ4n) is 3.75. The fraction of sp³-hybridized carbons (Fsp3) is 0.103. The third-order valence-corrected chi connectivity index (χ3v) is 7.55. The van der Waals surface area contributed by atoms with Gasteiger partial charge in [0.2, 0.25) is 0 Å². The molecular weight excluding hydrogens is 584 g/mol. The number of sulfonamides is 1. The van der Waals surface area contributed by atoms with E-state index in [1.54, 1.807) is 48.5 Å². The average Bonchev–Trinajstić information content (AvgIpc) is 2.94. The van der Waals surface area contributed by atoms with E-state index in [0.717, 1.165) is 5.56 Å². The molecule has 4 rings (SSSR count). The second-order valence-electron chi connectivity index (χ2n) is 8.40. The molecule has 0 radical (unpaired) electrons. The molecule has 1 amide bonds. The molecule has 39 heavy (non-hydrogen) atoms. The number of ether oxygens (including phenoxy) is 2. The van der Waals surface area contributed by atoms with E-state index in [-0.39, 0.29) is 28.5 Å². The molecule has 0 aliphatic carbocycles. The van der Waals surface area contributed by atoms with E-state index in [2.05, 4.69) is 26.0 Å². The van der Waals surface area contributed by atoms with Crippen molar-refractivity contribution in [1.29, 1.82) is 0 Å². The Balaban J connectivity index is 1.59. The average molecular weight is 609 g/mol. The maximum absolute atomic E-state index is 13.4. The largest absolute Gasteiger partial charge is 0.495 e. The van der Waals surface area contributed by atoms with Gasteiger partial charge in [0.25, 0.3) is 15.9 Å². The number of esters is 1.